The molecule has 7 heteroatoms. The third kappa shape index (κ3) is 7.70. The Bertz CT molecular complexity index is 1060. The third-order valence-corrected chi connectivity index (χ3v) is 6.81. The van der Waals surface area contributed by atoms with Gasteiger partial charge in [0.25, 0.3) is 17.4 Å². The number of rotatable bonds is 17. The normalized spacial score (nSPS) is 12.6. The molecule has 1 aliphatic rings. The number of anilines is 1. The number of aromatic nitrogens is 1. The average molecular weight is 496 g/mol. The lowest BCUT2D eigenvalue weighted by atomic mass is 10.0. The Kier molecular flexibility index (Phi) is 11.0. The van der Waals surface area contributed by atoms with Crippen molar-refractivity contribution in [2.45, 2.75) is 96.8 Å². The molecular weight excluding hydrogens is 454 g/mol. The molecule has 0 bridgehead atoms. The number of fused-ring (bicyclic) bond motifs is 1. The van der Waals surface area contributed by atoms with E-state index in [1.807, 2.05) is 0 Å². The molecule has 2 aromatic rings. The zero-order valence-electron chi connectivity index (χ0n) is 21.7. The summed E-state index contributed by atoms with van der Waals surface area (Å²) in [6.45, 7) is 2.92. The van der Waals surface area contributed by atoms with Crippen LogP contribution < -0.4 is 21.3 Å². The van der Waals surface area contributed by atoms with Gasteiger partial charge in [-0.3, -0.25) is 24.3 Å². The molecule has 0 unspecified atom stereocenters. The van der Waals surface area contributed by atoms with E-state index in [1.54, 1.807) is 24.3 Å². The fourth-order valence-electron chi connectivity index (χ4n) is 4.72. The first-order valence-electron chi connectivity index (χ1n) is 13.7. The van der Waals surface area contributed by atoms with Crippen LogP contribution in [0.5, 0.6) is 5.75 Å². The number of nitrogens with zero attached hydrogens (tertiary/aromatic N) is 1. The molecule has 2 amide bonds. The summed E-state index contributed by atoms with van der Waals surface area (Å²) in [5.41, 5.74) is 6.18. The lowest BCUT2D eigenvalue weighted by Gasteiger charge is -2.13. The highest BCUT2D eigenvalue weighted by atomic mass is 16.5. The number of hydrogen-bond donors (Lipinski definition) is 2. The molecule has 36 heavy (non-hydrogen) atoms. The molecule has 0 atom stereocenters. The molecule has 0 aliphatic carbocycles. The quantitative estimate of drug-likeness (QED) is 0.202. The number of carbonyl (C=O) groups is 2. The molecule has 1 aliphatic heterocycles. The highest BCUT2D eigenvalue weighted by Gasteiger charge is 2.31. The van der Waals surface area contributed by atoms with Crippen molar-refractivity contribution in [1.29, 1.82) is 0 Å². The Balaban J connectivity index is 1.30. The number of imide groups is 1. The predicted molar refractivity (Wildman–Crippen MR) is 144 cm³/mol. The molecule has 0 fully saturated rings. The van der Waals surface area contributed by atoms with Gasteiger partial charge in [0, 0.05) is 6.07 Å². The van der Waals surface area contributed by atoms with Crippen LogP contribution in [0.1, 0.15) is 118 Å². The van der Waals surface area contributed by atoms with Gasteiger partial charge in [-0.05, 0) is 30.7 Å². The van der Waals surface area contributed by atoms with E-state index in [0.717, 1.165) is 18.9 Å². The number of unbranched alkanes of at least 4 members (excludes halogenated alkanes) is 13. The summed E-state index contributed by atoms with van der Waals surface area (Å²) in [5.74, 6) is -0.515. The van der Waals surface area contributed by atoms with Crippen LogP contribution in [0.3, 0.4) is 0 Å². The van der Waals surface area contributed by atoms with Crippen molar-refractivity contribution < 1.29 is 14.3 Å². The van der Waals surface area contributed by atoms with Gasteiger partial charge in [-0.15, -0.1) is 0 Å². The first kappa shape index (κ1) is 27.5. The molecule has 3 N–H and O–H groups in total. The van der Waals surface area contributed by atoms with Crippen molar-refractivity contribution in [3.8, 4) is 11.4 Å². The van der Waals surface area contributed by atoms with Crippen LogP contribution in [-0.2, 0) is 0 Å². The van der Waals surface area contributed by atoms with Gasteiger partial charge in [0.15, 0.2) is 0 Å². The first-order chi connectivity index (χ1) is 17.5. The highest BCUT2D eigenvalue weighted by molar-refractivity contribution is 6.23. The summed E-state index contributed by atoms with van der Waals surface area (Å²) < 4.78 is 7.07. The molecule has 0 saturated carbocycles. The second kappa shape index (κ2) is 14.5. The average Bonchev–Trinajstić information content (AvgIpc) is 3.15. The molecule has 1 aromatic carbocycles. The van der Waals surface area contributed by atoms with Gasteiger partial charge in [0.2, 0.25) is 0 Å². The third-order valence-electron chi connectivity index (χ3n) is 6.81. The molecule has 196 valence electrons. The van der Waals surface area contributed by atoms with E-state index >= 15 is 0 Å². The smallest absolute Gasteiger partial charge is 0.262 e. The molecule has 2 heterocycles. The van der Waals surface area contributed by atoms with Crippen LogP contribution in [0, 0.1) is 0 Å². The first-order valence-corrected chi connectivity index (χ1v) is 13.7. The molecule has 7 nitrogen and oxygen atoms in total. The summed E-state index contributed by atoms with van der Waals surface area (Å²) in [4.78, 5) is 36.3. The summed E-state index contributed by atoms with van der Waals surface area (Å²) >= 11 is 0. The van der Waals surface area contributed by atoms with E-state index in [0.29, 0.717) is 18.0 Å². The van der Waals surface area contributed by atoms with Crippen molar-refractivity contribution >= 4 is 17.6 Å². The number of nitrogens with one attached hydrogen (secondary N) is 1. The van der Waals surface area contributed by atoms with E-state index in [4.69, 9.17) is 10.5 Å². The summed E-state index contributed by atoms with van der Waals surface area (Å²) in [6.07, 6.45) is 18.5. The second-order valence-corrected chi connectivity index (χ2v) is 9.71. The minimum absolute atomic E-state index is 0.0202. The van der Waals surface area contributed by atoms with Gasteiger partial charge >= 0.3 is 0 Å². The Morgan fingerprint density at radius 3 is 1.83 bits per heavy atom. The Morgan fingerprint density at radius 2 is 1.28 bits per heavy atom. The van der Waals surface area contributed by atoms with Crippen LogP contribution >= 0.6 is 0 Å². The number of pyridine rings is 1. The second-order valence-electron chi connectivity index (χ2n) is 9.71. The number of hydrogen-bond acceptors (Lipinski definition) is 5. The van der Waals surface area contributed by atoms with Crippen LogP contribution in [0.4, 0.5) is 5.82 Å². The molecule has 1 aromatic heterocycles. The zero-order valence-corrected chi connectivity index (χ0v) is 21.7. The topological polar surface area (TPSA) is 103 Å². The number of carbonyl (C=O) groups excluding carboxylic acids is 2. The van der Waals surface area contributed by atoms with Crippen molar-refractivity contribution in [3.63, 3.8) is 0 Å². The minimum Gasteiger partial charge on any atom is -0.494 e. The van der Waals surface area contributed by atoms with E-state index < -0.39 is 17.4 Å². The maximum Gasteiger partial charge on any atom is 0.262 e. The Labute approximate surface area is 214 Å². The van der Waals surface area contributed by atoms with Gasteiger partial charge in [0.05, 0.1) is 23.4 Å². The largest absolute Gasteiger partial charge is 0.494 e. The fraction of sp³-hybridized carbons (Fsp3) is 0.552. The molecule has 0 spiro atoms. The van der Waals surface area contributed by atoms with Gasteiger partial charge in [0.1, 0.15) is 11.6 Å². The number of amides is 2. The SMILES string of the molecule is CCCCCCCCCCCCCCCCOc1ccc(-n2c(N)c3c(cc2=O)C(=O)NC3=O)cc1. The van der Waals surface area contributed by atoms with Crippen LogP contribution in [0.15, 0.2) is 35.1 Å². The standard InChI is InChI=1S/C29H41N3O4/c1-2-3-4-5-6-7-8-9-10-11-12-13-14-15-20-36-23-18-16-22(17-19-23)32-25(33)21-24-26(27(32)30)29(35)31-28(24)34/h16-19,21H,2-15,20,30H2,1H3,(H,31,34,35). The van der Waals surface area contributed by atoms with Crippen molar-refractivity contribution in [1.82, 2.24) is 9.88 Å². The van der Waals surface area contributed by atoms with Crippen LogP contribution in [0.25, 0.3) is 5.69 Å². The molecule has 0 saturated heterocycles. The summed E-state index contributed by atoms with van der Waals surface area (Å²) in [5, 5.41) is 2.17. The number of nitrogens with two attached hydrogens (primary N) is 1. The Morgan fingerprint density at radius 1 is 0.750 bits per heavy atom. The fourth-order valence-corrected chi connectivity index (χ4v) is 4.72. The van der Waals surface area contributed by atoms with E-state index in [-0.39, 0.29) is 16.9 Å². The van der Waals surface area contributed by atoms with Gasteiger partial charge < -0.3 is 10.5 Å². The predicted octanol–water partition coefficient (Wildman–Crippen LogP) is 6.16. The van der Waals surface area contributed by atoms with Crippen molar-refractivity contribution in [2.24, 2.45) is 0 Å². The van der Waals surface area contributed by atoms with Crippen molar-refractivity contribution in [2.75, 3.05) is 12.3 Å². The van der Waals surface area contributed by atoms with E-state index in [9.17, 15) is 14.4 Å². The Hall–Kier alpha value is -3.09. The van der Waals surface area contributed by atoms with E-state index in [2.05, 4.69) is 12.2 Å². The van der Waals surface area contributed by atoms with Crippen LogP contribution in [-0.4, -0.2) is 23.0 Å². The maximum absolute atomic E-state index is 12.5. The van der Waals surface area contributed by atoms with Gasteiger partial charge in [-0.25, -0.2) is 0 Å². The summed E-state index contributed by atoms with van der Waals surface area (Å²) in [6, 6.07) is 8.15. The van der Waals surface area contributed by atoms with Gasteiger partial charge in [-0.1, -0.05) is 90.4 Å². The molecule has 0 radical (unpaired) electrons. The lowest BCUT2D eigenvalue weighted by Crippen LogP contribution is -2.24. The van der Waals surface area contributed by atoms with E-state index in [1.165, 1.54) is 81.6 Å². The monoisotopic (exact) mass is 495 g/mol. The maximum atomic E-state index is 12.5. The lowest BCUT2D eigenvalue weighted by molar-refractivity contribution is 0.0880. The van der Waals surface area contributed by atoms with Crippen molar-refractivity contribution in [3.05, 3.63) is 51.8 Å². The van der Waals surface area contributed by atoms with Crippen LogP contribution in [0.2, 0.25) is 0 Å². The molecule has 3 rings (SSSR count). The number of ether oxygens (including phenoxy) is 1. The number of nitrogen functional groups attached to an aromatic ring is 1. The number of benzene rings is 1. The molecular formula is C29H41N3O4. The minimum atomic E-state index is -0.599. The zero-order chi connectivity index (χ0) is 25.8. The van der Waals surface area contributed by atoms with Gasteiger partial charge in [-0.2, -0.15) is 0 Å². The highest BCUT2D eigenvalue weighted by Crippen LogP contribution is 2.24. The summed E-state index contributed by atoms with van der Waals surface area (Å²) in [7, 11) is 0.